The molecule has 1 saturated heterocycles. The second-order valence-electron chi connectivity index (χ2n) is 6.51. The van der Waals surface area contributed by atoms with Gasteiger partial charge in [-0.2, -0.15) is 4.31 Å². The number of carbonyl (C=O) groups excluding carboxylic acids is 1. The summed E-state index contributed by atoms with van der Waals surface area (Å²) in [7, 11) is -3.89. The van der Waals surface area contributed by atoms with Gasteiger partial charge in [-0.3, -0.25) is 4.79 Å². The molecule has 3 rings (SSSR count). The maximum absolute atomic E-state index is 13.8. The fourth-order valence-corrected chi connectivity index (χ4v) is 4.69. The van der Waals surface area contributed by atoms with E-state index in [2.05, 4.69) is 0 Å². The fraction of sp³-hybridized carbons (Fsp3) is 0.350. The van der Waals surface area contributed by atoms with Crippen LogP contribution in [0.25, 0.3) is 0 Å². The first kappa shape index (κ1) is 19.5. The van der Waals surface area contributed by atoms with Crippen LogP contribution in [0.3, 0.4) is 0 Å². The van der Waals surface area contributed by atoms with Gasteiger partial charge >= 0.3 is 5.97 Å². The molecule has 0 aliphatic carbocycles. The van der Waals surface area contributed by atoms with Crippen LogP contribution in [0.5, 0.6) is 0 Å². The molecule has 0 unspecified atom stereocenters. The Balaban J connectivity index is 1.51. The highest BCUT2D eigenvalue weighted by atomic mass is 32.2. The van der Waals surface area contributed by atoms with Crippen molar-refractivity contribution in [3.8, 4) is 0 Å². The van der Waals surface area contributed by atoms with Crippen LogP contribution >= 0.6 is 0 Å². The molecule has 144 valence electrons. The molecular formula is C20H22FNO4S. The number of hydrogen-bond acceptors (Lipinski definition) is 4. The van der Waals surface area contributed by atoms with Gasteiger partial charge in [0.1, 0.15) is 10.7 Å². The average Bonchev–Trinajstić information content (AvgIpc) is 2.69. The summed E-state index contributed by atoms with van der Waals surface area (Å²) in [5.41, 5.74) is 1.09. The van der Waals surface area contributed by atoms with Gasteiger partial charge in [0.2, 0.25) is 10.0 Å². The van der Waals surface area contributed by atoms with Crippen LogP contribution in [0.15, 0.2) is 59.5 Å². The molecule has 0 spiro atoms. The van der Waals surface area contributed by atoms with Gasteiger partial charge in [-0.15, -0.1) is 0 Å². The minimum absolute atomic E-state index is 0.176. The van der Waals surface area contributed by atoms with Gasteiger partial charge in [-0.05, 0) is 30.5 Å². The van der Waals surface area contributed by atoms with Crippen molar-refractivity contribution in [2.45, 2.75) is 24.2 Å². The third-order valence-corrected chi connectivity index (χ3v) is 6.65. The van der Waals surface area contributed by atoms with Gasteiger partial charge in [-0.1, -0.05) is 42.5 Å². The van der Waals surface area contributed by atoms with Crippen LogP contribution in [0.4, 0.5) is 4.39 Å². The number of sulfonamides is 1. The molecule has 1 fully saturated rings. The van der Waals surface area contributed by atoms with E-state index in [4.69, 9.17) is 4.74 Å². The first-order chi connectivity index (χ1) is 13.0. The summed E-state index contributed by atoms with van der Waals surface area (Å²) in [4.78, 5) is 11.9. The second kappa shape index (κ2) is 8.63. The maximum atomic E-state index is 13.8. The molecule has 5 nitrogen and oxygen atoms in total. The quantitative estimate of drug-likeness (QED) is 0.710. The zero-order valence-corrected chi connectivity index (χ0v) is 15.7. The second-order valence-corrected chi connectivity index (χ2v) is 8.42. The largest absolute Gasteiger partial charge is 0.465 e. The van der Waals surface area contributed by atoms with Gasteiger partial charge < -0.3 is 4.74 Å². The molecule has 7 heteroatoms. The Kier molecular flexibility index (Phi) is 6.23. The molecule has 0 radical (unpaired) electrons. The monoisotopic (exact) mass is 391 g/mol. The van der Waals surface area contributed by atoms with Crippen LogP contribution < -0.4 is 0 Å². The highest BCUT2D eigenvalue weighted by Gasteiger charge is 2.33. The smallest absolute Gasteiger partial charge is 0.309 e. The minimum Gasteiger partial charge on any atom is -0.465 e. The topological polar surface area (TPSA) is 63.7 Å². The SMILES string of the molecule is O=C(OCCc1ccccc1)C1CCN(S(=O)(=O)c2ccccc2F)CC1. The summed E-state index contributed by atoms with van der Waals surface area (Å²) in [6.45, 7) is 0.654. The number of carbonyl (C=O) groups is 1. The number of benzene rings is 2. The number of rotatable bonds is 6. The molecular weight excluding hydrogens is 369 g/mol. The van der Waals surface area contributed by atoms with Crippen molar-refractivity contribution in [2.24, 2.45) is 5.92 Å². The van der Waals surface area contributed by atoms with Crippen molar-refractivity contribution < 1.29 is 22.3 Å². The van der Waals surface area contributed by atoms with Crippen LogP contribution in [0.1, 0.15) is 18.4 Å². The van der Waals surface area contributed by atoms with Gasteiger partial charge in [-0.25, -0.2) is 12.8 Å². The predicted molar refractivity (Wildman–Crippen MR) is 99.0 cm³/mol. The maximum Gasteiger partial charge on any atom is 0.309 e. The van der Waals surface area contributed by atoms with E-state index in [0.717, 1.165) is 11.6 Å². The number of piperidine rings is 1. The zero-order valence-electron chi connectivity index (χ0n) is 14.9. The van der Waals surface area contributed by atoms with E-state index in [9.17, 15) is 17.6 Å². The van der Waals surface area contributed by atoms with Gasteiger partial charge in [0, 0.05) is 19.5 Å². The number of hydrogen-bond donors (Lipinski definition) is 0. The lowest BCUT2D eigenvalue weighted by atomic mass is 9.98. The Morgan fingerprint density at radius 2 is 1.67 bits per heavy atom. The molecule has 0 atom stereocenters. The van der Waals surface area contributed by atoms with Gasteiger partial charge in [0.05, 0.1) is 12.5 Å². The van der Waals surface area contributed by atoms with Crippen LogP contribution in [-0.4, -0.2) is 38.4 Å². The average molecular weight is 391 g/mol. The van der Waals surface area contributed by atoms with E-state index in [1.807, 2.05) is 30.3 Å². The molecule has 27 heavy (non-hydrogen) atoms. The van der Waals surface area contributed by atoms with Crippen molar-refractivity contribution >= 4 is 16.0 Å². The molecule has 0 saturated carbocycles. The fourth-order valence-electron chi connectivity index (χ4n) is 3.16. The Labute approximate surface area is 158 Å². The molecule has 1 heterocycles. The van der Waals surface area contributed by atoms with Crippen LogP contribution in [0.2, 0.25) is 0 Å². The Bertz CT molecular complexity index is 878. The predicted octanol–water partition coefficient (Wildman–Crippen LogP) is 3.01. The number of halogens is 1. The summed E-state index contributed by atoms with van der Waals surface area (Å²) in [5.74, 6) is -1.39. The van der Waals surface area contributed by atoms with Crippen LogP contribution in [0, 0.1) is 11.7 Å². The van der Waals surface area contributed by atoms with E-state index in [-0.39, 0.29) is 29.9 Å². The third kappa shape index (κ3) is 4.73. The molecule has 0 bridgehead atoms. The number of nitrogens with zero attached hydrogens (tertiary/aromatic N) is 1. The van der Waals surface area contributed by atoms with Crippen LogP contribution in [-0.2, 0) is 26.0 Å². The first-order valence-corrected chi connectivity index (χ1v) is 10.4. The van der Waals surface area contributed by atoms with E-state index in [1.165, 1.54) is 22.5 Å². The third-order valence-electron chi connectivity index (χ3n) is 4.72. The lowest BCUT2D eigenvalue weighted by molar-refractivity contribution is -0.149. The van der Waals surface area contributed by atoms with E-state index in [0.29, 0.717) is 25.9 Å². The summed E-state index contributed by atoms with van der Waals surface area (Å²) < 4.78 is 45.6. The standard InChI is InChI=1S/C20H22FNO4S/c21-18-8-4-5-9-19(18)27(24,25)22-13-10-17(11-14-22)20(23)26-15-12-16-6-2-1-3-7-16/h1-9,17H,10-15H2. The molecule has 1 aliphatic rings. The summed E-state index contributed by atoms with van der Waals surface area (Å²) in [5, 5.41) is 0. The molecule has 0 amide bonds. The molecule has 0 aromatic heterocycles. The van der Waals surface area contributed by atoms with Gasteiger partial charge in [0.25, 0.3) is 0 Å². The summed E-state index contributed by atoms with van der Waals surface area (Å²) in [6.07, 6.45) is 1.39. The van der Waals surface area contributed by atoms with Gasteiger partial charge in [0.15, 0.2) is 0 Å². The lowest BCUT2D eigenvalue weighted by Crippen LogP contribution is -2.40. The first-order valence-electron chi connectivity index (χ1n) is 8.94. The van der Waals surface area contributed by atoms with Crippen molar-refractivity contribution in [1.82, 2.24) is 4.31 Å². The van der Waals surface area contributed by atoms with E-state index in [1.54, 1.807) is 0 Å². The minimum atomic E-state index is -3.89. The normalized spacial score (nSPS) is 16.2. The van der Waals surface area contributed by atoms with Crippen molar-refractivity contribution in [2.75, 3.05) is 19.7 Å². The molecule has 2 aromatic carbocycles. The van der Waals surface area contributed by atoms with Crippen molar-refractivity contribution in [1.29, 1.82) is 0 Å². The molecule has 1 aliphatic heterocycles. The number of ether oxygens (including phenoxy) is 1. The summed E-state index contributed by atoms with van der Waals surface area (Å²) in [6, 6.07) is 15.1. The van der Waals surface area contributed by atoms with Crippen molar-refractivity contribution in [3.63, 3.8) is 0 Å². The lowest BCUT2D eigenvalue weighted by Gasteiger charge is -2.30. The van der Waals surface area contributed by atoms with E-state index < -0.39 is 15.8 Å². The molecule has 0 N–H and O–H groups in total. The molecule has 2 aromatic rings. The Morgan fingerprint density at radius 3 is 2.33 bits per heavy atom. The Morgan fingerprint density at radius 1 is 1.04 bits per heavy atom. The Hall–Kier alpha value is -2.25. The highest BCUT2D eigenvalue weighted by Crippen LogP contribution is 2.26. The highest BCUT2D eigenvalue weighted by molar-refractivity contribution is 7.89. The number of esters is 1. The van der Waals surface area contributed by atoms with E-state index >= 15 is 0 Å². The zero-order chi connectivity index (χ0) is 19.3. The summed E-state index contributed by atoms with van der Waals surface area (Å²) >= 11 is 0. The van der Waals surface area contributed by atoms with Crippen molar-refractivity contribution in [3.05, 3.63) is 66.0 Å².